The number of imidazole rings is 1. The molecule has 0 fully saturated rings. The third-order valence-corrected chi connectivity index (χ3v) is 3.04. The molecule has 2 aromatic rings. The van der Waals surface area contributed by atoms with E-state index < -0.39 is 0 Å². The van der Waals surface area contributed by atoms with Gasteiger partial charge in [0.15, 0.2) is 10.3 Å². The number of aliphatic hydroxyl groups is 1. The van der Waals surface area contributed by atoms with Crippen molar-refractivity contribution in [1.29, 1.82) is 0 Å². The molecule has 0 bridgehead atoms. The minimum absolute atomic E-state index is 0.0688. The van der Waals surface area contributed by atoms with E-state index in [1.54, 1.807) is 18.3 Å². The zero-order valence-electron chi connectivity index (χ0n) is 8.46. The Labute approximate surface area is 101 Å². The molecular formula is C9H9ClN4OS. The molecule has 1 N–H and O–H groups in total. The highest BCUT2D eigenvalue weighted by Gasteiger charge is 2.07. The van der Waals surface area contributed by atoms with Crippen molar-refractivity contribution in [3.05, 3.63) is 29.2 Å². The Hall–Kier alpha value is -1.11. The Balaban J connectivity index is 2.19. The van der Waals surface area contributed by atoms with Crippen molar-refractivity contribution in [3.8, 4) is 0 Å². The standard InChI is InChI=1S/C9H9ClN4OS/c1-14-4-6(5-15)11-9(14)16-8-3-2-7(10)12-13-8/h2-4,15H,5H2,1H3. The molecule has 0 aliphatic rings. The Morgan fingerprint density at radius 3 is 2.81 bits per heavy atom. The van der Waals surface area contributed by atoms with Crippen molar-refractivity contribution in [2.24, 2.45) is 7.05 Å². The fourth-order valence-corrected chi connectivity index (χ4v) is 2.00. The molecule has 2 rings (SSSR count). The summed E-state index contributed by atoms with van der Waals surface area (Å²) in [5.41, 5.74) is 0.631. The SMILES string of the molecule is Cn1cc(CO)nc1Sc1ccc(Cl)nn1. The number of nitrogens with zero attached hydrogens (tertiary/aromatic N) is 4. The molecule has 0 aliphatic carbocycles. The van der Waals surface area contributed by atoms with E-state index in [4.69, 9.17) is 16.7 Å². The fraction of sp³-hybridized carbons (Fsp3) is 0.222. The second kappa shape index (κ2) is 4.82. The van der Waals surface area contributed by atoms with Crippen molar-refractivity contribution in [1.82, 2.24) is 19.7 Å². The summed E-state index contributed by atoms with van der Waals surface area (Å²) >= 11 is 7.00. The van der Waals surface area contributed by atoms with Crippen LogP contribution in [0.15, 0.2) is 28.5 Å². The number of aliphatic hydroxyl groups excluding tert-OH is 1. The zero-order chi connectivity index (χ0) is 11.5. The third kappa shape index (κ3) is 2.52. The summed E-state index contributed by atoms with van der Waals surface area (Å²) in [5, 5.41) is 18.4. The average Bonchev–Trinajstić information content (AvgIpc) is 2.63. The molecule has 0 saturated carbocycles. The molecule has 2 aromatic heterocycles. The maximum absolute atomic E-state index is 8.95. The van der Waals surface area contributed by atoms with E-state index in [0.29, 0.717) is 15.9 Å². The maximum atomic E-state index is 8.95. The van der Waals surface area contributed by atoms with Crippen LogP contribution in [0.25, 0.3) is 0 Å². The highest BCUT2D eigenvalue weighted by Crippen LogP contribution is 2.24. The van der Waals surface area contributed by atoms with Gasteiger partial charge in [-0.3, -0.25) is 0 Å². The van der Waals surface area contributed by atoms with Gasteiger partial charge in [-0.05, 0) is 23.9 Å². The van der Waals surface area contributed by atoms with E-state index in [1.807, 2.05) is 11.6 Å². The van der Waals surface area contributed by atoms with Crippen LogP contribution in [0.2, 0.25) is 5.15 Å². The van der Waals surface area contributed by atoms with Crippen LogP contribution in [0.1, 0.15) is 5.69 Å². The highest BCUT2D eigenvalue weighted by molar-refractivity contribution is 7.99. The van der Waals surface area contributed by atoms with Gasteiger partial charge in [0.2, 0.25) is 0 Å². The lowest BCUT2D eigenvalue weighted by molar-refractivity contribution is 0.277. The van der Waals surface area contributed by atoms with E-state index in [0.717, 1.165) is 5.16 Å². The van der Waals surface area contributed by atoms with Gasteiger partial charge in [0, 0.05) is 13.2 Å². The average molecular weight is 257 g/mol. The summed E-state index contributed by atoms with van der Waals surface area (Å²) in [6, 6.07) is 3.44. The first-order chi connectivity index (χ1) is 7.69. The van der Waals surface area contributed by atoms with Gasteiger partial charge in [0.25, 0.3) is 0 Å². The minimum Gasteiger partial charge on any atom is -0.390 e. The first-order valence-corrected chi connectivity index (χ1v) is 5.68. The normalized spacial score (nSPS) is 10.7. The van der Waals surface area contributed by atoms with Crippen molar-refractivity contribution in [2.75, 3.05) is 0 Å². The van der Waals surface area contributed by atoms with E-state index in [2.05, 4.69) is 15.2 Å². The van der Waals surface area contributed by atoms with Crippen molar-refractivity contribution in [3.63, 3.8) is 0 Å². The summed E-state index contributed by atoms with van der Waals surface area (Å²) in [6.45, 7) is -0.0688. The Bertz CT molecular complexity index is 485. The van der Waals surface area contributed by atoms with Crippen LogP contribution in [-0.4, -0.2) is 24.9 Å². The zero-order valence-corrected chi connectivity index (χ0v) is 10.0. The Kier molecular flexibility index (Phi) is 3.42. The van der Waals surface area contributed by atoms with Crippen molar-refractivity contribution >= 4 is 23.4 Å². The summed E-state index contributed by atoms with van der Waals surface area (Å²) in [6.07, 6.45) is 1.77. The summed E-state index contributed by atoms with van der Waals surface area (Å²) in [5.74, 6) is 0. The van der Waals surface area contributed by atoms with Crippen LogP contribution in [0.4, 0.5) is 0 Å². The number of aryl methyl sites for hydroxylation is 1. The van der Waals surface area contributed by atoms with E-state index in [1.165, 1.54) is 11.8 Å². The molecule has 7 heteroatoms. The minimum atomic E-state index is -0.0688. The first-order valence-electron chi connectivity index (χ1n) is 4.49. The molecule has 2 heterocycles. The molecule has 0 aromatic carbocycles. The van der Waals surface area contributed by atoms with Crippen LogP contribution in [-0.2, 0) is 13.7 Å². The molecule has 5 nitrogen and oxygen atoms in total. The molecule has 84 valence electrons. The Morgan fingerprint density at radius 2 is 2.25 bits per heavy atom. The van der Waals surface area contributed by atoms with E-state index in [-0.39, 0.29) is 6.61 Å². The van der Waals surface area contributed by atoms with E-state index in [9.17, 15) is 0 Å². The lowest BCUT2D eigenvalue weighted by Gasteiger charge is -1.99. The quantitative estimate of drug-likeness (QED) is 0.902. The first kappa shape index (κ1) is 11.4. The molecule has 0 unspecified atom stereocenters. The number of hydrogen-bond acceptors (Lipinski definition) is 5. The lowest BCUT2D eigenvalue weighted by atomic mass is 10.5. The summed E-state index contributed by atoms with van der Waals surface area (Å²) < 4.78 is 1.83. The number of aromatic nitrogens is 4. The van der Waals surface area contributed by atoms with Crippen molar-refractivity contribution in [2.45, 2.75) is 16.8 Å². The van der Waals surface area contributed by atoms with Gasteiger partial charge >= 0.3 is 0 Å². The second-order valence-electron chi connectivity index (χ2n) is 3.08. The second-order valence-corrected chi connectivity index (χ2v) is 4.45. The molecule has 0 atom stereocenters. The fourth-order valence-electron chi connectivity index (χ4n) is 1.13. The van der Waals surface area contributed by atoms with Gasteiger partial charge in [-0.15, -0.1) is 10.2 Å². The van der Waals surface area contributed by atoms with Crippen LogP contribution in [0.5, 0.6) is 0 Å². The monoisotopic (exact) mass is 256 g/mol. The molecule has 0 amide bonds. The lowest BCUT2D eigenvalue weighted by Crippen LogP contribution is -1.90. The smallest absolute Gasteiger partial charge is 0.174 e. The van der Waals surface area contributed by atoms with Gasteiger partial charge in [0.05, 0.1) is 12.3 Å². The highest BCUT2D eigenvalue weighted by atomic mass is 35.5. The molecular weight excluding hydrogens is 248 g/mol. The number of halogens is 1. The molecule has 0 radical (unpaired) electrons. The van der Waals surface area contributed by atoms with Crippen LogP contribution in [0, 0.1) is 0 Å². The van der Waals surface area contributed by atoms with Gasteiger partial charge in [-0.25, -0.2) is 4.98 Å². The van der Waals surface area contributed by atoms with E-state index >= 15 is 0 Å². The topological polar surface area (TPSA) is 63.8 Å². The number of hydrogen-bond donors (Lipinski definition) is 1. The van der Waals surface area contributed by atoms with Gasteiger partial charge in [0.1, 0.15) is 5.03 Å². The van der Waals surface area contributed by atoms with Crippen LogP contribution >= 0.6 is 23.4 Å². The Morgan fingerprint density at radius 1 is 1.44 bits per heavy atom. The molecule has 16 heavy (non-hydrogen) atoms. The molecule has 0 aliphatic heterocycles. The number of rotatable bonds is 3. The van der Waals surface area contributed by atoms with Gasteiger partial charge in [-0.2, -0.15) is 0 Å². The predicted octanol–water partition coefficient (Wildman–Crippen LogP) is 1.51. The third-order valence-electron chi connectivity index (χ3n) is 1.85. The van der Waals surface area contributed by atoms with Crippen molar-refractivity contribution < 1.29 is 5.11 Å². The van der Waals surface area contributed by atoms with Gasteiger partial charge < -0.3 is 9.67 Å². The van der Waals surface area contributed by atoms with Gasteiger partial charge in [-0.1, -0.05) is 11.6 Å². The molecule has 0 spiro atoms. The summed E-state index contributed by atoms with van der Waals surface area (Å²) in [4.78, 5) is 4.22. The van der Waals surface area contributed by atoms with Crippen LogP contribution < -0.4 is 0 Å². The molecule has 0 saturated heterocycles. The largest absolute Gasteiger partial charge is 0.390 e. The predicted molar refractivity (Wildman–Crippen MR) is 60.3 cm³/mol. The van der Waals surface area contributed by atoms with Crippen LogP contribution in [0.3, 0.4) is 0 Å². The maximum Gasteiger partial charge on any atom is 0.174 e. The summed E-state index contributed by atoms with van der Waals surface area (Å²) in [7, 11) is 1.86.